The minimum absolute atomic E-state index is 0.170. The molecule has 1 spiro atoms. The van der Waals surface area contributed by atoms with E-state index < -0.39 is 5.97 Å². The summed E-state index contributed by atoms with van der Waals surface area (Å²) in [4.78, 5) is 22.3. The molecule has 0 radical (unpaired) electrons. The average molecular weight is 328 g/mol. The molecule has 2 aliphatic heterocycles. The Morgan fingerprint density at radius 2 is 2.08 bits per heavy atom. The van der Waals surface area contributed by atoms with Crippen molar-refractivity contribution < 1.29 is 14.6 Å². The Kier molecular flexibility index (Phi) is 3.53. The van der Waals surface area contributed by atoms with Crippen LogP contribution in [0.2, 0.25) is 0 Å². The van der Waals surface area contributed by atoms with Crippen molar-refractivity contribution in [1.29, 1.82) is 0 Å². The molecular weight excluding hydrogens is 308 g/mol. The second-order valence-corrected chi connectivity index (χ2v) is 6.50. The Hall–Kier alpha value is -2.41. The zero-order valence-corrected chi connectivity index (χ0v) is 13.6. The smallest absolute Gasteiger partial charge is 0.337 e. The van der Waals surface area contributed by atoms with Crippen molar-refractivity contribution in [3.8, 4) is 6.01 Å². The molecular formula is C17H20N4O3. The number of fused-ring (bicyclic) bond motifs is 1. The number of rotatable bonds is 3. The number of hydrogen-bond acceptors (Lipinski definition) is 6. The maximum absolute atomic E-state index is 11.5. The van der Waals surface area contributed by atoms with E-state index in [0.29, 0.717) is 11.1 Å². The van der Waals surface area contributed by atoms with Crippen LogP contribution in [0.15, 0.2) is 18.3 Å². The summed E-state index contributed by atoms with van der Waals surface area (Å²) in [5, 5.41) is 13.8. The number of carboxylic acid groups (broad SMARTS) is 1. The van der Waals surface area contributed by atoms with Crippen LogP contribution in [0, 0.1) is 0 Å². The van der Waals surface area contributed by atoms with Gasteiger partial charge in [0.1, 0.15) is 0 Å². The predicted octanol–water partition coefficient (Wildman–Crippen LogP) is 1.67. The molecule has 7 heteroatoms. The Labute approximate surface area is 139 Å². The molecule has 2 N–H and O–H groups in total. The Bertz CT molecular complexity index is 794. The summed E-state index contributed by atoms with van der Waals surface area (Å²) >= 11 is 0. The van der Waals surface area contributed by atoms with Crippen molar-refractivity contribution in [3.05, 3.63) is 23.9 Å². The maximum atomic E-state index is 11.5. The third-order valence-electron chi connectivity index (χ3n) is 5.28. The highest BCUT2D eigenvalue weighted by Crippen LogP contribution is 2.36. The van der Waals surface area contributed by atoms with Crippen LogP contribution in [0.5, 0.6) is 6.01 Å². The number of piperidine rings is 1. The van der Waals surface area contributed by atoms with Gasteiger partial charge in [0.25, 0.3) is 0 Å². The van der Waals surface area contributed by atoms with E-state index in [4.69, 9.17) is 4.74 Å². The summed E-state index contributed by atoms with van der Waals surface area (Å²) in [5.41, 5.74) is 1.91. The van der Waals surface area contributed by atoms with Crippen molar-refractivity contribution in [2.75, 3.05) is 31.6 Å². The summed E-state index contributed by atoms with van der Waals surface area (Å²) in [6.45, 7) is 3.00. The summed E-state index contributed by atoms with van der Waals surface area (Å²) in [6, 6.07) is 3.67. The van der Waals surface area contributed by atoms with Crippen molar-refractivity contribution in [3.63, 3.8) is 0 Å². The minimum atomic E-state index is -0.997. The summed E-state index contributed by atoms with van der Waals surface area (Å²) in [6.07, 6.45) is 5.12. The van der Waals surface area contributed by atoms with Gasteiger partial charge in [0.15, 0.2) is 0 Å². The van der Waals surface area contributed by atoms with Crippen LogP contribution in [0.1, 0.15) is 29.6 Å². The number of aromatic carboxylic acids is 1. The lowest BCUT2D eigenvalue weighted by Gasteiger charge is -2.49. The van der Waals surface area contributed by atoms with Crippen LogP contribution in [0.25, 0.3) is 10.9 Å². The lowest BCUT2D eigenvalue weighted by Crippen LogP contribution is -2.61. The highest BCUT2D eigenvalue weighted by atomic mass is 16.5. The van der Waals surface area contributed by atoms with Gasteiger partial charge in [0.05, 0.1) is 18.2 Å². The summed E-state index contributed by atoms with van der Waals surface area (Å²) in [7, 11) is 1.47. The molecule has 0 atom stereocenters. The number of benzene rings is 1. The van der Waals surface area contributed by atoms with Crippen LogP contribution >= 0.6 is 0 Å². The number of aromatic nitrogens is 2. The first-order valence-electron chi connectivity index (χ1n) is 8.19. The van der Waals surface area contributed by atoms with Crippen LogP contribution < -0.4 is 15.0 Å². The summed E-state index contributed by atoms with van der Waals surface area (Å²) < 4.78 is 5.05. The van der Waals surface area contributed by atoms with Gasteiger partial charge in [-0.1, -0.05) is 0 Å². The summed E-state index contributed by atoms with van der Waals surface area (Å²) in [5.74, 6) is -0.997. The second kappa shape index (κ2) is 5.59. The van der Waals surface area contributed by atoms with Gasteiger partial charge >= 0.3 is 12.0 Å². The average Bonchev–Trinajstić information content (AvgIpc) is 2.58. The first-order valence-corrected chi connectivity index (χ1v) is 8.19. The van der Waals surface area contributed by atoms with E-state index in [2.05, 4.69) is 20.2 Å². The molecule has 0 unspecified atom stereocenters. The van der Waals surface area contributed by atoms with Gasteiger partial charge in [-0.25, -0.2) is 9.78 Å². The molecule has 0 saturated carbocycles. The minimum Gasteiger partial charge on any atom is -0.478 e. The first kappa shape index (κ1) is 15.1. The normalized spacial score (nSPS) is 19.3. The van der Waals surface area contributed by atoms with E-state index >= 15 is 0 Å². The number of carboxylic acids is 1. The first-order chi connectivity index (χ1) is 11.6. The van der Waals surface area contributed by atoms with Gasteiger partial charge in [-0.3, -0.25) is 0 Å². The zero-order chi connectivity index (χ0) is 16.7. The molecule has 2 fully saturated rings. The molecule has 1 aromatic heterocycles. The molecule has 7 nitrogen and oxygen atoms in total. The van der Waals surface area contributed by atoms with Gasteiger partial charge in [-0.05, 0) is 37.9 Å². The zero-order valence-electron chi connectivity index (χ0n) is 13.6. The number of methoxy groups -OCH3 is 1. The van der Waals surface area contributed by atoms with Crippen molar-refractivity contribution in [2.24, 2.45) is 0 Å². The van der Waals surface area contributed by atoms with Crippen LogP contribution in [0.3, 0.4) is 0 Å². The number of carbonyl (C=O) groups is 1. The molecule has 0 bridgehead atoms. The second-order valence-electron chi connectivity index (χ2n) is 6.50. The van der Waals surface area contributed by atoms with Crippen LogP contribution in [-0.2, 0) is 0 Å². The molecule has 2 aromatic rings. The van der Waals surface area contributed by atoms with Crippen LogP contribution in [0.4, 0.5) is 5.69 Å². The monoisotopic (exact) mass is 328 g/mol. The van der Waals surface area contributed by atoms with E-state index in [1.54, 1.807) is 12.3 Å². The molecule has 2 saturated heterocycles. The quantitative estimate of drug-likeness (QED) is 0.886. The molecule has 3 heterocycles. The van der Waals surface area contributed by atoms with E-state index in [-0.39, 0.29) is 11.6 Å². The van der Waals surface area contributed by atoms with E-state index in [1.807, 2.05) is 6.07 Å². The van der Waals surface area contributed by atoms with Gasteiger partial charge in [-0.2, -0.15) is 4.98 Å². The SMILES string of the molecule is COc1ncc2c(N3CCC4(CCN4)CC3)ccc(C(=O)O)c2n1. The molecule has 0 aliphatic carbocycles. The topological polar surface area (TPSA) is 87.6 Å². The van der Waals surface area contributed by atoms with E-state index in [1.165, 1.54) is 13.5 Å². The third kappa shape index (κ3) is 2.36. The molecule has 1 aromatic carbocycles. The standard InChI is InChI=1S/C17H20N4O3/c1-24-16-18-10-12-13(3-2-11(15(22)23)14(12)20-16)21-8-5-17(6-9-21)4-7-19-17/h2-3,10,19H,4-9H2,1H3,(H,22,23). The number of hydrogen-bond donors (Lipinski definition) is 2. The Balaban J connectivity index is 1.73. The van der Waals surface area contributed by atoms with Crippen LogP contribution in [-0.4, -0.2) is 53.3 Å². The highest BCUT2D eigenvalue weighted by Gasteiger charge is 2.39. The molecule has 4 rings (SSSR count). The van der Waals surface area contributed by atoms with E-state index in [0.717, 1.165) is 43.5 Å². The Morgan fingerprint density at radius 1 is 1.33 bits per heavy atom. The maximum Gasteiger partial charge on any atom is 0.337 e. The van der Waals surface area contributed by atoms with Gasteiger partial charge < -0.3 is 20.1 Å². The van der Waals surface area contributed by atoms with Gasteiger partial charge in [0.2, 0.25) is 0 Å². The predicted molar refractivity (Wildman–Crippen MR) is 89.8 cm³/mol. The van der Waals surface area contributed by atoms with Crippen molar-refractivity contribution in [2.45, 2.75) is 24.8 Å². The van der Waals surface area contributed by atoms with Crippen molar-refractivity contribution in [1.82, 2.24) is 15.3 Å². The van der Waals surface area contributed by atoms with Gasteiger partial charge in [-0.15, -0.1) is 0 Å². The van der Waals surface area contributed by atoms with Gasteiger partial charge in [0, 0.05) is 35.9 Å². The Morgan fingerprint density at radius 3 is 2.67 bits per heavy atom. The largest absolute Gasteiger partial charge is 0.478 e. The highest BCUT2D eigenvalue weighted by molar-refractivity contribution is 6.05. The lowest BCUT2D eigenvalue weighted by molar-refractivity contribution is 0.0699. The fraction of sp³-hybridized carbons (Fsp3) is 0.471. The number of anilines is 1. The number of nitrogens with one attached hydrogen (secondary N) is 1. The number of ether oxygens (including phenoxy) is 1. The molecule has 126 valence electrons. The van der Waals surface area contributed by atoms with E-state index in [9.17, 15) is 9.90 Å². The fourth-order valence-corrected chi connectivity index (χ4v) is 3.72. The third-order valence-corrected chi connectivity index (χ3v) is 5.28. The fourth-order valence-electron chi connectivity index (χ4n) is 3.72. The number of nitrogens with zero attached hydrogens (tertiary/aromatic N) is 3. The molecule has 2 aliphatic rings. The molecule has 0 amide bonds. The molecule has 24 heavy (non-hydrogen) atoms. The lowest BCUT2D eigenvalue weighted by atomic mass is 9.79. The van der Waals surface area contributed by atoms with Crippen molar-refractivity contribution >= 4 is 22.6 Å².